The third kappa shape index (κ3) is 6.18. The Balaban J connectivity index is 0.000000279. The van der Waals surface area contributed by atoms with Gasteiger partial charge in [0.1, 0.15) is 0 Å². The number of hydrogen-bond donors (Lipinski definition) is 3. The highest BCUT2D eigenvalue weighted by Crippen LogP contribution is 2.37. The lowest BCUT2D eigenvalue weighted by Gasteiger charge is -2.34. The molecule has 0 saturated heterocycles. The number of nitrogens with two attached hydrogens (primary N) is 1. The number of aromatic amines is 1. The van der Waals surface area contributed by atoms with Crippen LogP contribution in [0.2, 0.25) is 0 Å². The van der Waals surface area contributed by atoms with Crippen LogP contribution in [0.1, 0.15) is 63.4 Å². The summed E-state index contributed by atoms with van der Waals surface area (Å²) in [5.41, 5.74) is 11.7. The molecule has 1 aliphatic carbocycles. The van der Waals surface area contributed by atoms with Crippen LogP contribution in [0.25, 0.3) is 17.1 Å². The van der Waals surface area contributed by atoms with Crippen LogP contribution in [0.15, 0.2) is 18.7 Å². The molecule has 2 aromatic rings. The normalized spacial score (nSPS) is 16.6. The van der Waals surface area contributed by atoms with Crippen LogP contribution < -0.4 is 11.1 Å². The number of nitrogens with one attached hydrogen (secondary N) is 2. The first kappa shape index (κ1) is 21.6. The van der Waals surface area contributed by atoms with Crippen LogP contribution in [-0.2, 0) is 12.8 Å². The zero-order chi connectivity index (χ0) is 19.9. The second kappa shape index (κ2) is 10.0. The summed E-state index contributed by atoms with van der Waals surface area (Å²) in [7, 11) is 1.97. The second-order valence-electron chi connectivity index (χ2n) is 8.71. The van der Waals surface area contributed by atoms with Crippen molar-refractivity contribution >= 4 is 17.1 Å². The molecule has 4 N–H and O–H groups in total. The van der Waals surface area contributed by atoms with Crippen LogP contribution in [-0.4, -0.2) is 30.1 Å². The van der Waals surface area contributed by atoms with Crippen molar-refractivity contribution in [3.8, 4) is 0 Å². The summed E-state index contributed by atoms with van der Waals surface area (Å²) < 4.78 is 0. The third-order valence-electron chi connectivity index (χ3n) is 5.56. The Kier molecular flexibility index (Phi) is 8.06. The van der Waals surface area contributed by atoms with E-state index in [-0.39, 0.29) is 0 Å². The monoisotopic (exact) mass is 370 g/mol. The van der Waals surface area contributed by atoms with Crippen molar-refractivity contribution in [1.82, 2.24) is 15.3 Å². The summed E-state index contributed by atoms with van der Waals surface area (Å²) >= 11 is 0. The molecule has 0 bridgehead atoms. The van der Waals surface area contributed by atoms with Crippen molar-refractivity contribution in [3.63, 3.8) is 0 Å². The predicted octanol–water partition coefficient (Wildman–Crippen LogP) is 4.69. The molecule has 27 heavy (non-hydrogen) atoms. The van der Waals surface area contributed by atoms with Crippen LogP contribution in [0.4, 0.5) is 0 Å². The van der Waals surface area contributed by atoms with E-state index in [0.29, 0.717) is 5.41 Å². The summed E-state index contributed by atoms with van der Waals surface area (Å²) in [6.07, 6.45) is 9.06. The summed E-state index contributed by atoms with van der Waals surface area (Å²) in [4.78, 5) is 8.19. The van der Waals surface area contributed by atoms with Gasteiger partial charge in [-0.15, -0.1) is 0 Å². The molecule has 0 aromatic carbocycles. The standard InChI is InChI=1S/C17H22N2.C6H16N2/c1-5-13-10-16-15(18-13)9-11-8-12(17(2,3)4)6-7-14(11)19-16;1-8-6-4-2-3-5-7/h5,9-10,12,18H,1,6-8H2,2-4H3;8H,2-7H2,1H3. The molecule has 1 unspecified atom stereocenters. The Morgan fingerprint density at radius 3 is 2.70 bits per heavy atom. The molecule has 1 aliphatic rings. The van der Waals surface area contributed by atoms with Gasteiger partial charge in [-0.05, 0) is 87.3 Å². The quantitative estimate of drug-likeness (QED) is 0.646. The minimum Gasteiger partial charge on any atom is -0.354 e. The van der Waals surface area contributed by atoms with Crippen LogP contribution in [0, 0.1) is 11.3 Å². The van der Waals surface area contributed by atoms with E-state index in [0.717, 1.165) is 48.6 Å². The van der Waals surface area contributed by atoms with Crippen molar-refractivity contribution in [3.05, 3.63) is 35.7 Å². The number of nitrogens with zero attached hydrogens (tertiary/aromatic N) is 1. The van der Waals surface area contributed by atoms with Gasteiger partial charge in [-0.2, -0.15) is 0 Å². The van der Waals surface area contributed by atoms with Crippen LogP contribution in [0.5, 0.6) is 0 Å². The molecule has 0 aliphatic heterocycles. The van der Waals surface area contributed by atoms with Gasteiger partial charge in [0.2, 0.25) is 0 Å². The Morgan fingerprint density at radius 1 is 1.30 bits per heavy atom. The molecule has 4 nitrogen and oxygen atoms in total. The van der Waals surface area contributed by atoms with Crippen molar-refractivity contribution in [2.45, 2.75) is 59.3 Å². The molecule has 1 atom stereocenters. The van der Waals surface area contributed by atoms with Crippen LogP contribution >= 0.6 is 0 Å². The van der Waals surface area contributed by atoms with Gasteiger partial charge in [0.25, 0.3) is 0 Å². The smallest absolute Gasteiger partial charge is 0.0888 e. The highest BCUT2D eigenvalue weighted by Gasteiger charge is 2.29. The van der Waals surface area contributed by atoms with E-state index in [2.05, 4.69) is 49.8 Å². The first-order chi connectivity index (χ1) is 12.9. The minimum absolute atomic E-state index is 0.384. The molecule has 0 saturated carbocycles. The highest BCUT2D eigenvalue weighted by atomic mass is 14.8. The summed E-state index contributed by atoms with van der Waals surface area (Å²) in [5, 5.41) is 3.09. The van der Waals surface area contributed by atoms with E-state index in [1.165, 1.54) is 36.9 Å². The fourth-order valence-electron chi connectivity index (χ4n) is 3.70. The summed E-state index contributed by atoms with van der Waals surface area (Å²) in [6, 6.07) is 4.38. The number of aryl methyl sites for hydroxylation is 1. The zero-order valence-corrected chi connectivity index (χ0v) is 17.7. The number of aromatic nitrogens is 2. The van der Waals surface area contributed by atoms with E-state index in [1.54, 1.807) is 0 Å². The molecule has 0 spiro atoms. The van der Waals surface area contributed by atoms with Gasteiger partial charge >= 0.3 is 0 Å². The van der Waals surface area contributed by atoms with Crippen molar-refractivity contribution < 1.29 is 0 Å². The first-order valence-electron chi connectivity index (χ1n) is 10.4. The fraction of sp³-hybridized carbons (Fsp3) is 0.609. The fourth-order valence-corrected chi connectivity index (χ4v) is 3.70. The third-order valence-corrected chi connectivity index (χ3v) is 5.56. The van der Waals surface area contributed by atoms with Gasteiger partial charge in [-0.3, -0.25) is 4.98 Å². The Hall–Kier alpha value is -1.65. The van der Waals surface area contributed by atoms with Gasteiger partial charge in [-0.25, -0.2) is 0 Å². The number of H-pyrrole nitrogens is 1. The molecular formula is C23H38N4. The number of pyridine rings is 1. The minimum atomic E-state index is 0.384. The second-order valence-corrected chi connectivity index (χ2v) is 8.71. The number of hydrogen-bond acceptors (Lipinski definition) is 3. The molecule has 0 fully saturated rings. The van der Waals surface area contributed by atoms with Crippen molar-refractivity contribution in [2.75, 3.05) is 20.1 Å². The molecule has 150 valence electrons. The molecule has 3 rings (SSSR count). The summed E-state index contributed by atoms with van der Waals surface area (Å²) in [5.74, 6) is 0.757. The number of unbranched alkanes of at least 4 members (excludes halogenated alkanes) is 2. The van der Waals surface area contributed by atoms with E-state index >= 15 is 0 Å². The molecule has 2 aromatic heterocycles. The molecular weight excluding hydrogens is 332 g/mol. The van der Waals surface area contributed by atoms with Gasteiger partial charge in [0.15, 0.2) is 0 Å². The van der Waals surface area contributed by atoms with Gasteiger partial charge in [0.05, 0.1) is 11.0 Å². The Morgan fingerprint density at radius 2 is 2.07 bits per heavy atom. The first-order valence-corrected chi connectivity index (χ1v) is 10.4. The largest absolute Gasteiger partial charge is 0.354 e. The maximum absolute atomic E-state index is 5.29. The maximum atomic E-state index is 5.29. The number of fused-ring (bicyclic) bond motifs is 2. The molecule has 0 radical (unpaired) electrons. The topological polar surface area (TPSA) is 66.7 Å². The van der Waals surface area contributed by atoms with E-state index in [9.17, 15) is 0 Å². The molecule has 2 heterocycles. The van der Waals surface area contributed by atoms with Crippen molar-refractivity contribution in [2.24, 2.45) is 17.1 Å². The lowest BCUT2D eigenvalue weighted by molar-refractivity contribution is 0.215. The predicted molar refractivity (Wildman–Crippen MR) is 118 cm³/mol. The van der Waals surface area contributed by atoms with E-state index in [4.69, 9.17) is 10.7 Å². The average Bonchev–Trinajstić information content (AvgIpc) is 3.04. The lowest BCUT2D eigenvalue weighted by Crippen LogP contribution is -2.27. The van der Waals surface area contributed by atoms with E-state index in [1.807, 2.05) is 13.1 Å². The average molecular weight is 371 g/mol. The Labute approximate surface area is 165 Å². The lowest BCUT2D eigenvalue weighted by atomic mass is 9.71. The van der Waals surface area contributed by atoms with Gasteiger partial charge < -0.3 is 16.0 Å². The highest BCUT2D eigenvalue weighted by molar-refractivity contribution is 5.79. The van der Waals surface area contributed by atoms with Gasteiger partial charge in [0, 0.05) is 11.4 Å². The summed E-state index contributed by atoms with van der Waals surface area (Å²) in [6.45, 7) is 12.8. The molecule has 0 amide bonds. The maximum Gasteiger partial charge on any atom is 0.0888 e. The molecule has 4 heteroatoms. The number of rotatable bonds is 6. The van der Waals surface area contributed by atoms with Crippen molar-refractivity contribution in [1.29, 1.82) is 0 Å². The van der Waals surface area contributed by atoms with E-state index < -0.39 is 0 Å². The zero-order valence-electron chi connectivity index (χ0n) is 17.7. The van der Waals surface area contributed by atoms with Crippen LogP contribution in [0.3, 0.4) is 0 Å². The van der Waals surface area contributed by atoms with Gasteiger partial charge in [-0.1, -0.05) is 33.8 Å². The Bertz CT molecular complexity index is 718. The SMILES string of the molecule is C=Cc1cc2nc3c(cc2[nH]1)CC(C(C)(C)C)CC3.CNCCCCCN.